The predicted octanol–water partition coefficient (Wildman–Crippen LogP) is 1.35. The SMILES string of the molecule is Cc1ccc(C(=O)NC2CCN(C=O)CC2)cc1. The zero-order valence-corrected chi connectivity index (χ0v) is 10.6. The molecule has 1 aromatic rings. The summed E-state index contributed by atoms with van der Waals surface area (Å²) in [6.45, 7) is 3.45. The highest BCUT2D eigenvalue weighted by Crippen LogP contribution is 2.10. The number of carbonyl (C=O) groups is 2. The van der Waals surface area contributed by atoms with Crippen molar-refractivity contribution in [2.45, 2.75) is 25.8 Å². The Balaban J connectivity index is 1.88. The van der Waals surface area contributed by atoms with Crippen LogP contribution in [0.25, 0.3) is 0 Å². The van der Waals surface area contributed by atoms with Gasteiger partial charge in [-0.2, -0.15) is 0 Å². The summed E-state index contributed by atoms with van der Waals surface area (Å²) < 4.78 is 0. The molecule has 4 heteroatoms. The first-order valence-corrected chi connectivity index (χ1v) is 6.26. The molecule has 1 aliphatic rings. The van der Waals surface area contributed by atoms with Crippen molar-refractivity contribution < 1.29 is 9.59 Å². The lowest BCUT2D eigenvalue weighted by molar-refractivity contribution is -0.119. The van der Waals surface area contributed by atoms with Crippen LogP contribution in [0.4, 0.5) is 0 Å². The Morgan fingerprint density at radius 3 is 2.44 bits per heavy atom. The fourth-order valence-corrected chi connectivity index (χ4v) is 2.12. The Labute approximate surface area is 107 Å². The summed E-state index contributed by atoms with van der Waals surface area (Å²) >= 11 is 0. The molecular weight excluding hydrogens is 228 g/mol. The number of amides is 2. The zero-order chi connectivity index (χ0) is 13.0. The van der Waals surface area contributed by atoms with Gasteiger partial charge >= 0.3 is 0 Å². The first kappa shape index (κ1) is 12.6. The van der Waals surface area contributed by atoms with E-state index in [2.05, 4.69) is 5.32 Å². The summed E-state index contributed by atoms with van der Waals surface area (Å²) in [5.41, 5.74) is 1.84. The molecule has 2 amide bonds. The normalized spacial score (nSPS) is 16.4. The van der Waals surface area contributed by atoms with Crippen LogP contribution in [0.1, 0.15) is 28.8 Å². The molecule has 0 unspecified atom stereocenters. The highest BCUT2D eigenvalue weighted by Gasteiger charge is 2.19. The first-order valence-electron chi connectivity index (χ1n) is 6.26. The second-order valence-corrected chi connectivity index (χ2v) is 4.76. The average Bonchev–Trinajstić information content (AvgIpc) is 2.40. The van der Waals surface area contributed by atoms with Gasteiger partial charge in [0.2, 0.25) is 6.41 Å². The maximum Gasteiger partial charge on any atom is 0.251 e. The van der Waals surface area contributed by atoms with Gasteiger partial charge in [-0.15, -0.1) is 0 Å². The molecule has 2 rings (SSSR count). The van der Waals surface area contributed by atoms with Crippen molar-refractivity contribution in [3.05, 3.63) is 35.4 Å². The number of piperidine rings is 1. The molecule has 1 fully saturated rings. The van der Waals surface area contributed by atoms with Crippen molar-refractivity contribution in [1.29, 1.82) is 0 Å². The van der Waals surface area contributed by atoms with Crippen LogP contribution in [-0.2, 0) is 4.79 Å². The van der Waals surface area contributed by atoms with Gasteiger partial charge in [-0.3, -0.25) is 9.59 Å². The van der Waals surface area contributed by atoms with Gasteiger partial charge in [0.15, 0.2) is 0 Å². The van der Waals surface area contributed by atoms with Crippen molar-refractivity contribution in [1.82, 2.24) is 10.2 Å². The average molecular weight is 246 g/mol. The third-order valence-corrected chi connectivity index (χ3v) is 3.33. The largest absolute Gasteiger partial charge is 0.349 e. The smallest absolute Gasteiger partial charge is 0.251 e. The molecule has 0 atom stereocenters. The molecule has 0 radical (unpaired) electrons. The highest BCUT2D eigenvalue weighted by atomic mass is 16.2. The fraction of sp³-hybridized carbons (Fsp3) is 0.429. The molecule has 1 saturated heterocycles. The van der Waals surface area contributed by atoms with Crippen LogP contribution in [0.2, 0.25) is 0 Å². The number of nitrogens with zero attached hydrogens (tertiary/aromatic N) is 1. The molecule has 18 heavy (non-hydrogen) atoms. The Morgan fingerprint density at radius 1 is 1.28 bits per heavy atom. The van der Waals surface area contributed by atoms with Crippen LogP contribution in [-0.4, -0.2) is 36.3 Å². The third kappa shape index (κ3) is 3.09. The van der Waals surface area contributed by atoms with Gasteiger partial charge in [-0.05, 0) is 31.9 Å². The molecule has 1 aromatic carbocycles. The molecule has 0 spiro atoms. The summed E-state index contributed by atoms with van der Waals surface area (Å²) in [5, 5.41) is 3.02. The number of likely N-dealkylation sites (tertiary alicyclic amines) is 1. The van der Waals surface area contributed by atoms with Crippen LogP contribution in [0.15, 0.2) is 24.3 Å². The number of hydrogen-bond acceptors (Lipinski definition) is 2. The molecule has 1 heterocycles. The zero-order valence-electron chi connectivity index (χ0n) is 10.6. The molecule has 4 nitrogen and oxygen atoms in total. The summed E-state index contributed by atoms with van der Waals surface area (Å²) in [6.07, 6.45) is 2.53. The Bertz CT molecular complexity index is 420. The lowest BCUT2D eigenvalue weighted by Crippen LogP contribution is -2.44. The predicted molar refractivity (Wildman–Crippen MR) is 69.3 cm³/mol. The molecule has 0 bridgehead atoms. The number of carbonyl (C=O) groups excluding carboxylic acids is 2. The van der Waals surface area contributed by atoms with E-state index in [1.807, 2.05) is 31.2 Å². The third-order valence-electron chi connectivity index (χ3n) is 3.33. The number of aryl methyl sites for hydroxylation is 1. The first-order chi connectivity index (χ1) is 8.69. The van der Waals surface area contributed by atoms with E-state index in [1.165, 1.54) is 0 Å². The van der Waals surface area contributed by atoms with E-state index in [0.717, 1.165) is 37.9 Å². The lowest BCUT2D eigenvalue weighted by Gasteiger charge is -2.29. The van der Waals surface area contributed by atoms with Gasteiger partial charge < -0.3 is 10.2 Å². The molecule has 1 N–H and O–H groups in total. The van der Waals surface area contributed by atoms with E-state index in [1.54, 1.807) is 4.90 Å². The monoisotopic (exact) mass is 246 g/mol. The maximum atomic E-state index is 12.0. The minimum absolute atomic E-state index is 0.0282. The van der Waals surface area contributed by atoms with Crippen molar-refractivity contribution in [3.8, 4) is 0 Å². The molecule has 0 saturated carbocycles. The number of hydrogen-bond donors (Lipinski definition) is 1. The topological polar surface area (TPSA) is 49.4 Å². The Morgan fingerprint density at radius 2 is 1.89 bits per heavy atom. The second kappa shape index (κ2) is 5.67. The summed E-state index contributed by atoms with van der Waals surface area (Å²) in [7, 11) is 0. The van der Waals surface area contributed by atoms with Crippen LogP contribution in [0.3, 0.4) is 0 Å². The molecule has 96 valence electrons. The number of nitrogens with one attached hydrogen (secondary N) is 1. The molecular formula is C14H18N2O2. The van der Waals surface area contributed by atoms with Gasteiger partial charge in [-0.25, -0.2) is 0 Å². The van der Waals surface area contributed by atoms with Crippen molar-refractivity contribution in [2.24, 2.45) is 0 Å². The summed E-state index contributed by atoms with van der Waals surface area (Å²) in [4.78, 5) is 24.3. The fourth-order valence-electron chi connectivity index (χ4n) is 2.12. The lowest BCUT2D eigenvalue weighted by atomic mass is 10.0. The van der Waals surface area contributed by atoms with E-state index in [4.69, 9.17) is 0 Å². The summed E-state index contributed by atoms with van der Waals surface area (Å²) in [6, 6.07) is 7.72. The maximum absolute atomic E-state index is 12.0. The van der Waals surface area contributed by atoms with Gasteiger partial charge in [-0.1, -0.05) is 17.7 Å². The van der Waals surface area contributed by atoms with Crippen LogP contribution >= 0.6 is 0 Å². The molecule has 0 aliphatic carbocycles. The minimum atomic E-state index is -0.0282. The van der Waals surface area contributed by atoms with Crippen molar-refractivity contribution in [3.63, 3.8) is 0 Å². The highest BCUT2D eigenvalue weighted by molar-refractivity contribution is 5.94. The van der Waals surface area contributed by atoms with E-state index < -0.39 is 0 Å². The van der Waals surface area contributed by atoms with Gasteiger partial charge in [0.1, 0.15) is 0 Å². The van der Waals surface area contributed by atoms with Crippen LogP contribution in [0.5, 0.6) is 0 Å². The van der Waals surface area contributed by atoms with Crippen LogP contribution in [0, 0.1) is 6.92 Å². The van der Waals surface area contributed by atoms with Gasteiger partial charge in [0.25, 0.3) is 5.91 Å². The molecule has 0 aromatic heterocycles. The molecule has 1 aliphatic heterocycles. The van der Waals surface area contributed by atoms with E-state index >= 15 is 0 Å². The van der Waals surface area contributed by atoms with E-state index in [9.17, 15) is 9.59 Å². The quantitative estimate of drug-likeness (QED) is 0.818. The number of rotatable bonds is 3. The second-order valence-electron chi connectivity index (χ2n) is 4.76. The minimum Gasteiger partial charge on any atom is -0.349 e. The van der Waals surface area contributed by atoms with E-state index in [-0.39, 0.29) is 11.9 Å². The Hall–Kier alpha value is -1.84. The summed E-state index contributed by atoms with van der Waals surface area (Å²) in [5.74, 6) is -0.0282. The van der Waals surface area contributed by atoms with Gasteiger partial charge in [0, 0.05) is 24.7 Å². The van der Waals surface area contributed by atoms with Gasteiger partial charge in [0.05, 0.1) is 0 Å². The van der Waals surface area contributed by atoms with Crippen LogP contribution < -0.4 is 5.32 Å². The van der Waals surface area contributed by atoms with E-state index in [0.29, 0.717) is 5.56 Å². The standard InChI is InChI=1S/C14H18N2O2/c1-11-2-4-12(5-3-11)14(18)15-13-6-8-16(10-17)9-7-13/h2-5,10,13H,6-9H2,1H3,(H,15,18). The Kier molecular flexibility index (Phi) is 3.97. The number of benzene rings is 1. The van der Waals surface area contributed by atoms with Crippen molar-refractivity contribution in [2.75, 3.05) is 13.1 Å². The van der Waals surface area contributed by atoms with Crippen molar-refractivity contribution >= 4 is 12.3 Å².